The molecule has 2 rings (SSSR count). The second kappa shape index (κ2) is 7.63. The van der Waals surface area contributed by atoms with Crippen LogP contribution in [0.4, 0.5) is 14.9 Å². The summed E-state index contributed by atoms with van der Waals surface area (Å²) in [7, 11) is 0. The molecule has 23 heavy (non-hydrogen) atoms. The van der Waals surface area contributed by atoms with Gasteiger partial charge in [-0.15, -0.1) is 6.42 Å². The van der Waals surface area contributed by atoms with Crippen LogP contribution in [-0.4, -0.2) is 17.7 Å². The molecule has 118 valence electrons. The zero-order valence-electron chi connectivity index (χ0n) is 12.0. The predicted molar refractivity (Wildman–Crippen MR) is 87.8 cm³/mol. The highest BCUT2D eigenvalue weighted by Crippen LogP contribution is 2.20. The number of aliphatic hydroxyl groups is 1. The van der Waals surface area contributed by atoms with Crippen molar-refractivity contribution >= 4 is 23.3 Å². The minimum absolute atomic E-state index is 0.0277. The smallest absolute Gasteiger partial charge is 0.319 e. The molecule has 0 saturated carbocycles. The first-order valence-electron chi connectivity index (χ1n) is 6.74. The van der Waals surface area contributed by atoms with Gasteiger partial charge in [-0.1, -0.05) is 29.7 Å². The molecule has 0 saturated heterocycles. The van der Waals surface area contributed by atoms with Crippen molar-refractivity contribution in [2.75, 3.05) is 11.9 Å². The van der Waals surface area contributed by atoms with Crippen molar-refractivity contribution in [1.82, 2.24) is 5.32 Å². The molecule has 4 nitrogen and oxygen atoms in total. The minimum atomic E-state index is -1.05. The van der Waals surface area contributed by atoms with Crippen molar-refractivity contribution in [3.8, 4) is 12.3 Å². The normalized spacial score (nSPS) is 11.4. The quantitative estimate of drug-likeness (QED) is 0.752. The van der Waals surface area contributed by atoms with E-state index in [1.54, 1.807) is 24.3 Å². The van der Waals surface area contributed by atoms with Gasteiger partial charge in [-0.25, -0.2) is 9.18 Å². The Bertz CT molecular complexity index is 758. The van der Waals surface area contributed by atoms with Gasteiger partial charge in [0.1, 0.15) is 5.82 Å². The van der Waals surface area contributed by atoms with Gasteiger partial charge in [0, 0.05) is 17.8 Å². The molecule has 0 aliphatic carbocycles. The molecule has 0 aliphatic rings. The standard InChI is InChI=1S/C17H14ClFN2O2/c1-2-11-4-3-5-13(8-11)21-17(23)20-10-16(22)12-6-7-14(18)15(19)9-12/h1,3-9,16,22H,10H2,(H2,20,21,23). The van der Waals surface area contributed by atoms with Gasteiger partial charge >= 0.3 is 6.03 Å². The van der Waals surface area contributed by atoms with Gasteiger partial charge in [0.25, 0.3) is 0 Å². The first-order valence-corrected chi connectivity index (χ1v) is 7.12. The fraction of sp³-hybridized carbons (Fsp3) is 0.118. The number of carbonyl (C=O) groups excluding carboxylic acids is 1. The molecule has 0 radical (unpaired) electrons. The van der Waals surface area contributed by atoms with Crippen LogP contribution in [0.1, 0.15) is 17.2 Å². The lowest BCUT2D eigenvalue weighted by atomic mass is 10.1. The molecule has 0 heterocycles. The molecule has 2 aromatic carbocycles. The van der Waals surface area contributed by atoms with Crippen LogP contribution in [-0.2, 0) is 0 Å². The van der Waals surface area contributed by atoms with Crippen LogP contribution in [0.3, 0.4) is 0 Å². The summed E-state index contributed by atoms with van der Waals surface area (Å²) >= 11 is 5.58. The maximum absolute atomic E-state index is 13.3. The average Bonchev–Trinajstić information content (AvgIpc) is 2.55. The Hall–Kier alpha value is -2.55. The van der Waals surface area contributed by atoms with E-state index in [0.717, 1.165) is 6.07 Å². The van der Waals surface area contributed by atoms with Crippen molar-refractivity contribution in [2.45, 2.75) is 6.10 Å². The third kappa shape index (κ3) is 4.71. The van der Waals surface area contributed by atoms with Crippen LogP contribution in [0.5, 0.6) is 0 Å². The number of carbonyl (C=O) groups is 1. The van der Waals surface area contributed by atoms with Crippen LogP contribution in [0.25, 0.3) is 0 Å². The molecule has 2 aromatic rings. The average molecular weight is 333 g/mol. The first-order chi connectivity index (χ1) is 11.0. The zero-order chi connectivity index (χ0) is 16.8. The largest absolute Gasteiger partial charge is 0.387 e. The lowest BCUT2D eigenvalue weighted by Crippen LogP contribution is -2.32. The van der Waals surface area contributed by atoms with Crippen LogP contribution < -0.4 is 10.6 Å². The summed E-state index contributed by atoms with van der Waals surface area (Å²) in [6, 6.07) is 10.2. The minimum Gasteiger partial charge on any atom is -0.387 e. The number of urea groups is 1. The van der Waals surface area contributed by atoms with Crippen LogP contribution >= 0.6 is 11.6 Å². The van der Waals surface area contributed by atoms with Gasteiger partial charge in [0.2, 0.25) is 0 Å². The van der Waals surface area contributed by atoms with E-state index in [0.29, 0.717) is 16.8 Å². The molecule has 1 unspecified atom stereocenters. The third-order valence-electron chi connectivity index (χ3n) is 3.07. The molecule has 0 spiro atoms. The number of halogens is 2. The first kappa shape index (κ1) is 16.8. The zero-order valence-corrected chi connectivity index (χ0v) is 12.8. The van der Waals surface area contributed by atoms with Gasteiger partial charge in [-0.2, -0.15) is 0 Å². The number of anilines is 1. The Morgan fingerprint density at radius 3 is 2.83 bits per heavy atom. The Morgan fingerprint density at radius 1 is 1.35 bits per heavy atom. The van der Waals surface area contributed by atoms with Gasteiger partial charge in [-0.3, -0.25) is 0 Å². The summed E-state index contributed by atoms with van der Waals surface area (Å²) in [5.74, 6) is 1.84. The predicted octanol–water partition coefficient (Wildman–Crippen LogP) is 3.32. The number of amides is 2. The van der Waals surface area contributed by atoms with E-state index in [-0.39, 0.29) is 11.6 Å². The van der Waals surface area contributed by atoms with Crippen LogP contribution in [0.15, 0.2) is 42.5 Å². The summed E-state index contributed by atoms with van der Waals surface area (Å²) in [5, 5.41) is 15.0. The van der Waals surface area contributed by atoms with E-state index in [2.05, 4.69) is 16.6 Å². The van der Waals surface area contributed by atoms with Crippen LogP contribution in [0, 0.1) is 18.2 Å². The van der Waals surface area contributed by atoms with Crippen molar-refractivity contribution < 1.29 is 14.3 Å². The molecule has 0 aliphatic heterocycles. The topological polar surface area (TPSA) is 61.4 Å². The van der Waals surface area contributed by atoms with Crippen molar-refractivity contribution in [3.63, 3.8) is 0 Å². The lowest BCUT2D eigenvalue weighted by Gasteiger charge is -2.13. The highest BCUT2D eigenvalue weighted by Gasteiger charge is 2.12. The Balaban J connectivity index is 1.90. The summed E-state index contributed by atoms with van der Waals surface area (Å²) in [5.41, 5.74) is 1.49. The highest BCUT2D eigenvalue weighted by molar-refractivity contribution is 6.30. The highest BCUT2D eigenvalue weighted by atomic mass is 35.5. The maximum atomic E-state index is 13.3. The fourth-order valence-electron chi connectivity index (χ4n) is 1.89. The molecule has 0 fully saturated rings. The SMILES string of the molecule is C#Cc1cccc(NC(=O)NCC(O)c2ccc(Cl)c(F)c2)c1. The van der Waals surface area contributed by atoms with E-state index in [1.165, 1.54) is 12.1 Å². The Kier molecular flexibility index (Phi) is 5.58. The van der Waals surface area contributed by atoms with Gasteiger partial charge in [0.15, 0.2) is 0 Å². The summed E-state index contributed by atoms with van der Waals surface area (Å²) < 4.78 is 13.3. The van der Waals surface area contributed by atoms with E-state index < -0.39 is 18.0 Å². The number of hydrogen-bond donors (Lipinski definition) is 3. The third-order valence-corrected chi connectivity index (χ3v) is 3.38. The number of hydrogen-bond acceptors (Lipinski definition) is 2. The molecule has 2 amide bonds. The molecule has 3 N–H and O–H groups in total. The number of rotatable bonds is 4. The second-order valence-corrected chi connectivity index (χ2v) is 5.16. The second-order valence-electron chi connectivity index (χ2n) is 4.75. The van der Waals surface area contributed by atoms with Gasteiger partial charge in [-0.05, 0) is 35.9 Å². The van der Waals surface area contributed by atoms with Crippen LogP contribution in [0.2, 0.25) is 5.02 Å². The number of terminal acetylenes is 1. The monoisotopic (exact) mass is 332 g/mol. The lowest BCUT2D eigenvalue weighted by molar-refractivity contribution is 0.174. The van der Waals surface area contributed by atoms with E-state index >= 15 is 0 Å². The molecular weight excluding hydrogens is 319 g/mol. The number of nitrogens with one attached hydrogen (secondary N) is 2. The number of benzene rings is 2. The van der Waals surface area contributed by atoms with Gasteiger partial charge < -0.3 is 15.7 Å². The molecule has 0 bridgehead atoms. The fourth-order valence-corrected chi connectivity index (χ4v) is 2.01. The summed E-state index contributed by atoms with van der Waals surface area (Å²) in [6.07, 6.45) is 4.23. The van der Waals surface area contributed by atoms with Gasteiger partial charge in [0.05, 0.1) is 11.1 Å². The molecular formula is C17H14ClFN2O2. The maximum Gasteiger partial charge on any atom is 0.319 e. The Labute approximate surface area is 138 Å². The van der Waals surface area contributed by atoms with E-state index in [1.807, 2.05) is 0 Å². The Morgan fingerprint density at radius 2 is 2.13 bits per heavy atom. The van der Waals surface area contributed by atoms with Crippen molar-refractivity contribution in [2.24, 2.45) is 0 Å². The summed E-state index contributed by atoms with van der Waals surface area (Å²) in [4.78, 5) is 11.8. The van der Waals surface area contributed by atoms with E-state index in [4.69, 9.17) is 18.0 Å². The molecule has 1 atom stereocenters. The van der Waals surface area contributed by atoms with Crippen molar-refractivity contribution in [1.29, 1.82) is 0 Å². The molecule has 6 heteroatoms. The van der Waals surface area contributed by atoms with E-state index in [9.17, 15) is 14.3 Å². The molecule has 0 aromatic heterocycles. The summed E-state index contributed by atoms with van der Waals surface area (Å²) in [6.45, 7) is -0.0816. The number of aliphatic hydroxyl groups excluding tert-OH is 1. The van der Waals surface area contributed by atoms with Crippen molar-refractivity contribution in [3.05, 3.63) is 64.4 Å².